The van der Waals surface area contributed by atoms with Crippen LogP contribution < -0.4 is 10.2 Å². The van der Waals surface area contributed by atoms with E-state index in [0.29, 0.717) is 43.1 Å². The van der Waals surface area contributed by atoms with Gasteiger partial charge in [-0.3, -0.25) is 4.79 Å². The summed E-state index contributed by atoms with van der Waals surface area (Å²) in [5.74, 6) is 0.651. The molecule has 2 heterocycles. The number of carboxylic acid groups (broad SMARTS) is 1. The van der Waals surface area contributed by atoms with Crippen LogP contribution in [0, 0.1) is 12.8 Å². The number of carboxylic acids is 1. The number of carbonyl (C=O) groups is 2. The number of methoxy groups -OCH3 is 1. The molecule has 2 aromatic rings. The maximum Gasteiger partial charge on any atom is 0.337 e. The van der Waals surface area contributed by atoms with Crippen LogP contribution in [0.25, 0.3) is 0 Å². The van der Waals surface area contributed by atoms with Crippen molar-refractivity contribution in [2.24, 2.45) is 5.92 Å². The standard InChI is InChI=1S/C19H22N4O4/c1-12-20-16(22-15-5-3-14(4-6-15)19(26)27-2)11-17(21-12)23-9-7-13(8-10-23)18(24)25/h3-6,11,13H,7-10H2,1-2H3,(H,24,25)(H,20,21,22). The van der Waals surface area contributed by atoms with E-state index in [-0.39, 0.29) is 11.9 Å². The molecule has 2 N–H and O–H groups in total. The molecule has 8 nitrogen and oxygen atoms in total. The highest BCUT2D eigenvalue weighted by Gasteiger charge is 2.25. The van der Waals surface area contributed by atoms with Crippen molar-refractivity contribution >= 4 is 29.3 Å². The van der Waals surface area contributed by atoms with Gasteiger partial charge in [0, 0.05) is 24.8 Å². The van der Waals surface area contributed by atoms with Crippen LogP contribution in [0.5, 0.6) is 0 Å². The number of rotatable bonds is 5. The van der Waals surface area contributed by atoms with Crippen molar-refractivity contribution in [3.8, 4) is 0 Å². The van der Waals surface area contributed by atoms with E-state index in [4.69, 9.17) is 9.84 Å². The first-order chi connectivity index (χ1) is 13.0. The third-order valence-corrected chi connectivity index (χ3v) is 4.57. The molecule has 0 saturated carbocycles. The molecule has 0 unspecified atom stereocenters. The summed E-state index contributed by atoms with van der Waals surface area (Å²) in [5, 5.41) is 12.3. The topological polar surface area (TPSA) is 105 Å². The van der Waals surface area contributed by atoms with Gasteiger partial charge in [-0.1, -0.05) is 0 Å². The second-order valence-electron chi connectivity index (χ2n) is 6.45. The highest BCUT2D eigenvalue weighted by atomic mass is 16.5. The molecule has 1 aromatic carbocycles. The van der Waals surface area contributed by atoms with E-state index in [2.05, 4.69) is 20.2 Å². The predicted molar refractivity (Wildman–Crippen MR) is 100 cm³/mol. The summed E-state index contributed by atoms with van der Waals surface area (Å²) in [6.45, 7) is 3.13. The van der Waals surface area contributed by atoms with Gasteiger partial charge in [0.1, 0.15) is 17.5 Å². The van der Waals surface area contributed by atoms with E-state index in [1.54, 1.807) is 24.3 Å². The molecule has 1 aromatic heterocycles. The van der Waals surface area contributed by atoms with Crippen LogP contribution >= 0.6 is 0 Å². The number of piperidine rings is 1. The molecule has 1 aliphatic heterocycles. The van der Waals surface area contributed by atoms with Gasteiger partial charge in [-0.25, -0.2) is 14.8 Å². The van der Waals surface area contributed by atoms with E-state index in [0.717, 1.165) is 11.5 Å². The van der Waals surface area contributed by atoms with Gasteiger partial charge in [0.25, 0.3) is 0 Å². The number of ether oxygens (including phenoxy) is 1. The van der Waals surface area contributed by atoms with Crippen molar-refractivity contribution in [1.82, 2.24) is 9.97 Å². The Hall–Kier alpha value is -3.16. The zero-order chi connectivity index (χ0) is 19.4. The maximum absolute atomic E-state index is 11.5. The number of carbonyl (C=O) groups excluding carboxylic acids is 1. The summed E-state index contributed by atoms with van der Waals surface area (Å²) < 4.78 is 4.69. The Morgan fingerprint density at radius 1 is 1.19 bits per heavy atom. The average molecular weight is 370 g/mol. The summed E-state index contributed by atoms with van der Waals surface area (Å²) >= 11 is 0. The fourth-order valence-electron chi connectivity index (χ4n) is 3.09. The summed E-state index contributed by atoms with van der Waals surface area (Å²) in [7, 11) is 1.35. The zero-order valence-corrected chi connectivity index (χ0v) is 15.3. The molecular weight excluding hydrogens is 348 g/mol. The molecule has 3 rings (SSSR count). The van der Waals surface area contributed by atoms with Crippen LogP contribution in [0.2, 0.25) is 0 Å². The van der Waals surface area contributed by atoms with Gasteiger partial charge in [0.2, 0.25) is 0 Å². The number of hydrogen-bond acceptors (Lipinski definition) is 7. The third kappa shape index (κ3) is 4.52. The Labute approximate surface area is 157 Å². The van der Waals surface area contributed by atoms with Crippen molar-refractivity contribution in [3.63, 3.8) is 0 Å². The lowest BCUT2D eigenvalue weighted by molar-refractivity contribution is -0.142. The van der Waals surface area contributed by atoms with E-state index in [9.17, 15) is 9.59 Å². The average Bonchev–Trinajstić information content (AvgIpc) is 2.67. The number of aryl methyl sites for hydroxylation is 1. The molecule has 0 aliphatic carbocycles. The fraction of sp³-hybridized carbons (Fsp3) is 0.368. The van der Waals surface area contributed by atoms with Crippen molar-refractivity contribution < 1.29 is 19.4 Å². The maximum atomic E-state index is 11.5. The number of nitrogens with one attached hydrogen (secondary N) is 1. The Kier molecular flexibility index (Phi) is 5.54. The number of anilines is 3. The van der Waals surface area contributed by atoms with Crippen molar-refractivity contribution in [2.45, 2.75) is 19.8 Å². The van der Waals surface area contributed by atoms with Gasteiger partial charge in [0.15, 0.2) is 0 Å². The van der Waals surface area contributed by atoms with Gasteiger partial charge >= 0.3 is 11.9 Å². The molecule has 8 heteroatoms. The number of aromatic nitrogens is 2. The largest absolute Gasteiger partial charge is 0.481 e. The first-order valence-corrected chi connectivity index (χ1v) is 8.75. The first kappa shape index (κ1) is 18.6. The van der Waals surface area contributed by atoms with Crippen LogP contribution in [-0.4, -0.2) is 47.2 Å². The number of esters is 1. The van der Waals surface area contributed by atoms with E-state index < -0.39 is 5.97 Å². The molecule has 0 bridgehead atoms. The Balaban J connectivity index is 1.72. The van der Waals surface area contributed by atoms with Crippen LogP contribution in [-0.2, 0) is 9.53 Å². The summed E-state index contributed by atoms with van der Waals surface area (Å²) in [5.41, 5.74) is 1.26. The molecular formula is C19H22N4O4. The third-order valence-electron chi connectivity index (χ3n) is 4.57. The number of hydrogen-bond donors (Lipinski definition) is 2. The van der Waals surface area contributed by atoms with Crippen LogP contribution in [0.15, 0.2) is 30.3 Å². The van der Waals surface area contributed by atoms with E-state index in [1.807, 2.05) is 13.0 Å². The molecule has 0 spiro atoms. The molecule has 1 fully saturated rings. The predicted octanol–water partition coefficient (Wildman–Crippen LogP) is 2.62. The molecule has 0 amide bonds. The second kappa shape index (κ2) is 8.03. The van der Waals surface area contributed by atoms with Gasteiger partial charge in [-0.2, -0.15) is 0 Å². The number of benzene rings is 1. The molecule has 27 heavy (non-hydrogen) atoms. The van der Waals surface area contributed by atoms with Crippen LogP contribution in [0.3, 0.4) is 0 Å². The number of nitrogens with zero attached hydrogens (tertiary/aromatic N) is 3. The highest BCUT2D eigenvalue weighted by Crippen LogP contribution is 2.25. The minimum absolute atomic E-state index is 0.282. The lowest BCUT2D eigenvalue weighted by atomic mass is 9.97. The Morgan fingerprint density at radius 3 is 2.44 bits per heavy atom. The Bertz CT molecular complexity index is 830. The summed E-state index contributed by atoms with van der Waals surface area (Å²) in [4.78, 5) is 33.6. The van der Waals surface area contributed by atoms with E-state index in [1.165, 1.54) is 7.11 Å². The zero-order valence-electron chi connectivity index (χ0n) is 15.3. The molecule has 0 radical (unpaired) electrons. The first-order valence-electron chi connectivity index (χ1n) is 8.75. The van der Waals surface area contributed by atoms with Gasteiger partial charge in [0.05, 0.1) is 18.6 Å². The normalized spacial score (nSPS) is 14.7. The summed E-state index contributed by atoms with van der Waals surface area (Å²) in [6, 6.07) is 8.77. The molecule has 142 valence electrons. The smallest absolute Gasteiger partial charge is 0.337 e. The second-order valence-corrected chi connectivity index (χ2v) is 6.45. The molecule has 1 aliphatic rings. The van der Waals surface area contributed by atoms with Crippen LogP contribution in [0.1, 0.15) is 29.0 Å². The minimum atomic E-state index is -0.730. The Morgan fingerprint density at radius 2 is 1.85 bits per heavy atom. The van der Waals surface area contributed by atoms with Crippen LogP contribution in [0.4, 0.5) is 17.3 Å². The molecule has 1 saturated heterocycles. The van der Waals surface area contributed by atoms with Crippen molar-refractivity contribution in [2.75, 3.05) is 30.4 Å². The van der Waals surface area contributed by atoms with E-state index >= 15 is 0 Å². The summed E-state index contributed by atoms with van der Waals surface area (Å²) in [6.07, 6.45) is 1.21. The minimum Gasteiger partial charge on any atom is -0.481 e. The van der Waals surface area contributed by atoms with Crippen molar-refractivity contribution in [3.05, 3.63) is 41.7 Å². The highest BCUT2D eigenvalue weighted by molar-refractivity contribution is 5.89. The fourth-order valence-corrected chi connectivity index (χ4v) is 3.09. The van der Waals surface area contributed by atoms with Gasteiger partial charge in [-0.15, -0.1) is 0 Å². The lowest BCUT2D eigenvalue weighted by Crippen LogP contribution is -2.36. The quantitative estimate of drug-likeness (QED) is 0.774. The van der Waals surface area contributed by atoms with Crippen molar-refractivity contribution in [1.29, 1.82) is 0 Å². The SMILES string of the molecule is COC(=O)c1ccc(Nc2cc(N3CCC(C(=O)O)CC3)nc(C)n2)cc1. The monoisotopic (exact) mass is 370 g/mol. The van der Waals surface area contributed by atoms with Gasteiger partial charge < -0.3 is 20.1 Å². The van der Waals surface area contributed by atoms with Gasteiger partial charge in [-0.05, 0) is 44.0 Å². The lowest BCUT2D eigenvalue weighted by Gasteiger charge is -2.31. The molecule has 0 atom stereocenters. The number of aliphatic carboxylic acids is 1.